The number of benzene rings is 1. The molecule has 0 saturated carbocycles. The van der Waals surface area contributed by atoms with Crippen LogP contribution < -0.4 is 4.83 Å². The highest BCUT2D eigenvalue weighted by Gasteiger charge is 2.12. The van der Waals surface area contributed by atoms with Gasteiger partial charge in [-0.05, 0) is 51.7 Å². The predicted molar refractivity (Wildman–Crippen MR) is 85.0 cm³/mol. The molecule has 0 fully saturated rings. The first-order valence-corrected chi connectivity index (χ1v) is 7.78. The summed E-state index contributed by atoms with van der Waals surface area (Å²) in [6, 6.07) is 6.42. The largest absolute Gasteiger partial charge is 0.276 e. The van der Waals surface area contributed by atoms with Gasteiger partial charge in [-0.15, -0.1) is 11.5 Å². The van der Waals surface area contributed by atoms with E-state index in [-0.39, 0.29) is 16.0 Å². The van der Waals surface area contributed by atoms with Crippen molar-refractivity contribution >= 4 is 15.7 Å². The third kappa shape index (κ3) is 5.72. The van der Waals surface area contributed by atoms with Gasteiger partial charge in [0.15, 0.2) is 5.71 Å². The monoisotopic (exact) mass is 302 g/mol. The van der Waals surface area contributed by atoms with Crippen LogP contribution in [0.15, 0.2) is 34.3 Å². The zero-order valence-electron chi connectivity index (χ0n) is 12.6. The number of hydrogen-bond donors (Lipinski definition) is 1. The van der Waals surface area contributed by atoms with E-state index in [2.05, 4.69) is 27.7 Å². The number of sulfonamides is 1. The highest BCUT2D eigenvalue weighted by molar-refractivity contribution is 7.89. The van der Waals surface area contributed by atoms with Crippen LogP contribution in [0.3, 0.4) is 0 Å². The number of aryl methyl sites for hydroxylation is 1. The van der Waals surface area contributed by atoms with Gasteiger partial charge < -0.3 is 0 Å². The average molecular weight is 302 g/mol. The number of nitrogens with one attached hydrogen (secondary N) is 1. The van der Waals surface area contributed by atoms with E-state index in [1.54, 1.807) is 12.1 Å². The van der Waals surface area contributed by atoms with E-state index in [9.17, 15) is 8.42 Å². The molecule has 0 heterocycles. The second-order valence-corrected chi connectivity index (χ2v) is 7.17. The summed E-state index contributed by atoms with van der Waals surface area (Å²) in [5, 5.41) is 3.68. The van der Waals surface area contributed by atoms with Crippen molar-refractivity contribution in [1.82, 2.24) is 4.83 Å². The quantitative estimate of drug-likeness (QED) is 0.529. The first kappa shape index (κ1) is 16.8. The molecule has 0 atom stereocenters. The normalized spacial score (nSPS) is 12.0. The summed E-state index contributed by atoms with van der Waals surface area (Å²) in [4.78, 5) is 2.22. The second-order valence-electron chi connectivity index (χ2n) is 5.51. The topological polar surface area (TPSA) is 58.5 Å². The molecule has 21 heavy (non-hydrogen) atoms. The SMILES string of the molecule is C#C/C(C#CC(C)(C)C)=N\NS(=O)(=O)c1ccc(C)cc1. The molecule has 5 heteroatoms. The molecule has 0 aliphatic carbocycles. The fourth-order valence-electron chi connectivity index (χ4n) is 1.22. The summed E-state index contributed by atoms with van der Waals surface area (Å²) in [6.45, 7) is 7.64. The van der Waals surface area contributed by atoms with Crippen LogP contribution >= 0.6 is 0 Å². The number of nitrogens with zero attached hydrogens (tertiary/aromatic N) is 1. The van der Waals surface area contributed by atoms with Crippen LogP contribution in [0.25, 0.3) is 0 Å². The van der Waals surface area contributed by atoms with Crippen LogP contribution in [0.5, 0.6) is 0 Å². The molecule has 0 aliphatic heterocycles. The maximum absolute atomic E-state index is 12.0. The molecular weight excluding hydrogens is 284 g/mol. The Morgan fingerprint density at radius 2 is 1.81 bits per heavy atom. The van der Waals surface area contributed by atoms with Crippen LogP contribution in [0.1, 0.15) is 26.3 Å². The minimum absolute atomic E-state index is 0.0422. The molecule has 4 nitrogen and oxygen atoms in total. The van der Waals surface area contributed by atoms with Crippen molar-refractivity contribution in [3.63, 3.8) is 0 Å². The summed E-state index contributed by atoms with van der Waals surface area (Å²) < 4.78 is 24.1. The van der Waals surface area contributed by atoms with E-state index >= 15 is 0 Å². The number of hydrogen-bond acceptors (Lipinski definition) is 3. The van der Waals surface area contributed by atoms with Gasteiger partial charge in [0.25, 0.3) is 10.0 Å². The second kappa shape index (κ2) is 6.47. The van der Waals surface area contributed by atoms with Crippen LogP contribution in [0.2, 0.25) is 0 Å². The number of terminal acetylenes is 1. The lowest BCUT2D eigenvalue weighted by molar-refractivity contribution is 0.571. The fraction of sp³-hybridized carbons (Fsp3) is 0.312. The first-order chi connectivity index (χ1) is 9.64. The van der Waals surface area contributed by atoms with Crippen molar-refractivity contribution in [1.29, 1.82) is 0 Å². The molecule has 0 radical (unpaired) electrons. The maximum Gasteiger partial charge on any atom is 0.276 e. The van der Waals surface area contributed by atoms with E-state index < -0.39 is 10.0 Å². The van der Waals surface area contributed by atoms with Crippen LogP contribution in [-0.4, -0.2) is 14.1 Å². The molecule has 0 aliphatic rings. The summed E-state index contributed by atoms with van der Waals surface area (Å²) >= 11 is 0. The van der Waals surface area contributed by atoms with Gasteiger partial charge in [-0.25, -0.2) is 0 Å². The molecule has 0 aromatic heterocycles. The van der Waals surface area contributed by atoms with Gasteiger partial charge in [0.1, 0.15) is 0 Å². The fourth-order valence-corrected chi connectivity index (χ4v) is 2.03. The van der Waals surface area contributed by atoms with Gasteiger partial charge in [0.05, 0.1) is 4.90 Å². The summed E-state index contributed by atoms with van der Waals surface area (Å²) in [7, 11) is -3.74. The third-order valence-corrected chi connectivity index (χ3v) is 3.53. The lowest BCUT2D eigenvalue weighted by Gasteiger charge is -2.06. The van der Waals surface area contributed by atoms with E-state index in [0.29, 0.717) is 0 Å². The minimum atomic E-state index is -3.74. The van der Waals surface area contributed by atoms with Crippen LogP contribution in [0, 0.1) is 36.5 Å². The highest BCUT2D eigenvalue weighted by Crippen LogP contribution is 2.10. The third-order valence-electron chi connectivity index (χ3n) is 2.30. The average Bonchev–Trinajstić information content (AvgIpc) is 2.38. The summed E-state index contributed by atoms with van der Waals surface area (Å²) in [6.07, 6.45) is 5.27. The Balaban J connectivity index is 2.98. The van der Waals surface area contributed by atoms with E-state index in [0.717, 1.165) is 5.56 Å². The minimum Gasteiger partial charge on any atom is -0.200 e. The zero-order chi connectivity index (χ0) is 16.1. The van der Waals surface area contributed by atoms with Crippen molar-refractivity contribution in [3.05, 3.63) is 29.8 Å². The Kier molecular flexibility index (Phi) is 5.18. The van der Waals surface area contributed by atoms with Crippen molar-refractivity contribution in [2.75, 3.05) is 0 Å². The predicted octanol–water partition coefficient (Wildman–Crippen LogP) is 2.31. The molecule has 0 bridgehead atoms. The Morgan fingerprint density at radius 1 is 1.24 bits per heavy atom. The molecule has 0 saturated heterocycles. The van der Waals surface area contributed by atoms with Gasteiger partial charge in [0, 0.05) is 5.41 Å². The van der Waals surface area contributed by atoms with Gasteiger partial charge in [0.2, 0.25) is 0 Å². The Hall–Kier alpha value is -2.24. The van der Waals surface area contributed by atoms with Crippen molar-refractivity contribution in [2.45, 2.75) is 32.6 Å². The first-order valence-electron chi connectivity index (χ1n) is 6.30. The Morgan fingerprint density at radius 3 is 2.29 bits per heavy atom. The van der Waals surface area contributed by atoms with Gasteiger partial charge in [-0.3, -0.25) is 0 Å². The summed E-state index contributed by atoms with van der Waals surface area (Å²) in [5.41, 5.74) is 0.770. The van der Waals surface area contributed by atoms with Crippen LogP contribution in [0.4, 0.5) is 0 Å². The van der Waals surface area contributed by atoms with Gasteiger partial charge in [-0.1, -0.05) is 23.6 Å². The molecule has 0 amide bonds. The highest BCUT2D eigenvalue weighted by atomic mass is 32.2. The number of hydrazone groups is 1. The molecule has 0 unspecified atom stereocenters. The molecule has 110 valence electrons. The van der Waals surface area contributed by atoms with E-state index in [1.165, 1.54) is 12.1 Å². The van der Waals surface area contributed by atoms with Gasteiger partial charge in [-0.2, -0.15) is 13.2 Å². The van der Waals surface area contributed by atoms with Crippen molar-refractivity contribution in [3.8, 4) is 24.2 Å². The Bertz CT molecular complexity index is 735. The lowest BCUT2D eigenvalue weighted by atomic mass is 9.98. The number of rotatable bonds is 3. The van der Waals surface area contributed by atoms with Crippen LogP contribution in [-0.2, 0) is 10.0 Å². The molecule has 1 N–H and O–H groups in total. The maximum atomic E-state index is 12.0. The lowest BCUT2D eigenvalue weighted by Crippen LogP contribution is -2.19. The van der Waals surface area contributed by atoms with E-state index in [1.807, 2.05) is 27.7 Å². The standard InChI is InChI=1S/C16H18N2O2S/c1-6-14(11-12-16(3,4)5)17-18-21(19,20)15-9-7-13(2)8-10-15/h1,7-10,18H,2-5H3/b17-14+. The zero-order valence-corrected chi connectivity index (χ0v) is 13.4. The van der Waals surface area contributed by atoms with Gasteiger partial charge >= 0.3 is 0 Å². The Labute approximate surface area is 126 Å². The van der Waals surface area contributed by atoms with E-state index in [4.69, 9.17) is 6.42 Å². The smallest absolute Gasteiger partial charge is 0.200 e. The molecule has 0 spiro atoms. The summed E-state index contributed by atoms with van der Waals surface area (Å²) in [5.74, 6) is 7.83. The van der Waals surface area contributed by atoms with Crippen molar-refractivity contribution < 1.29 is 8.42 Å². The van der Waals surface area contributed by atoms with Crippen molar-refractivity contribution in [2.24, 2.45) is 10.5 Å². The molecule has 1 aromatic rings. The molecular formula is C16H18N2O2S. The molecule has 1 rings (SSSR count). The molecule has 1 aromatic carbocycles.